The molecular weight excluding hydrogens is 611 g/mol. The van der Waals surface area contributed by atoms with Gasteiger partial charge in [0, 0.05) is 53.3 Å². The number of imidazole rings is 1. The van der Waals surface area contributed by atoms with Gasteiger partial charge in [-0.1, -0.05) is 6.07 Å². The van der Waals surface area contributed by atoms with Crippen LogP contribution in [0.3, 0.4) is 0 Å². The topological polar surface area (TPSA) is 124 Å². The molecule has 2 aromatic carbocycles. The maximum atomic E-state index is 13.9. The normalized spacial score (nSPS) is 20.6. The molecule has 3 N–H and O–H groups in total. The lowest BCUT2D eigenvalue weighted by Gasteiger charge is -2.28. The van der Waals surface area contributed by atoms with Crippen molar-refractivity contribution in [2.45, 2.75) is 49.5 Å². The van der Waals surface area contributed by atoms with Gasteiger partial charge in [0.25, 0.3) is 5.91 Å². The van der Waals surface area contributed by atoms with Crippen LogP contribution in [0, 0.1) is 11.8 Å². The molecule has 6 aromatic rings. The van der Waals surface area contributed by atoms with Crippen molar-refractivity contribution in [3.8, 4) is 34.3 Å². The number of nitrogens with two attached hydrogens (primary N) is 1. The van der Waals surface area contributed by atoms with Crippen molar-refractivity contribution in [2.24, 2.45) is 17.6 Å². The third-order valence-electron chi connectivity index (χ3n) is 10.9. The van der Waals surface area contributed by atoms with Gasteiger partial charge in [-0.2, -0.15) is 0 Å². The number of pyridine rings is 2. The molecule has 1 saturated heterocycles. The second kappa shape index (κ2) is 10.9. The van der Waals surface area contributed by atoms with Gasteiger partial charge in [0.05, 0.1) is 29.5 Å². The van der Waals surface area contributed by atoms with Crippen LogP contribution in [0.25, 0.3) is 55.7 Å². The van der Waals surface area contributed by atoms with E-state index >= 15 is 0 Å². The zero-order chi connectivity index (χ0) is 33.8. The van der Waals surface area contributed by atoms with E-state index in [2.05, 4.69) is 49.8 Å². The van der Waals surface area contributed by atoms with Crippen molar-refractivity contribution in [3.63, 3.8) is 0 Å². The summed E-state index contributed by atoms with van der Waals surface area (Å²) in [4.78, 5) is 30.9. The monoisotopic (exact) mass is 649 g/mol. The fraction of sp³-hybridized carbons (Fsp3) is 0.333. The molecule has 13 heteroatoms. The highest BCUT2D eigenvalue weighted by molar-refractivity contribution is 6.57. The summed E-state index contributed by atoms with van der Waals surface area (Å²) in [5, 5.41) is 11.7. The molecule has 1 amide bonds. The molecule has 2 saturated carbocycles. The number of carbonyl (C=O) groups is 1. The number of fused-ring (bicyclic) bond motifs is 5. The first kappa shape index (κ1) is 30.3. The van der Waals surface area contributed by atoms with E-state index in [1.54, 1.807) is 19.4 Å². The van der Waals surface area contributed by atoms with Gasteiger partial charge >= 0.3 is 0 Å². The summed E-state index contributed by atoms with van der Waals surface area (Å²) < 4.78 is 10.6. The predicted octanol–water partition coefficient (Wildman–Crippen LogP) is 2.42. The Bertz CT molecular complexity index is 2330. The third kappa shape index (κ3) is 4.84. The zero-order valence-electron chi connectivity index (χ0n) is 28.3. The van der Waals surface area contributed by atoms with Gasteiger partial charge in [-0.05, 0) is 91.3 Å². The van der Waals surface area contributed by atoms with Gasteiger partial charge in [0.15, 0.2) is 5.82 Å². The molecule has 3 aliphatic rings. The summed E-state index contributed by atoms with van der Waals surface area (Å²) in [7, 11) is 8.19. The SMILES string of the molecule is BC(B)(B)n1c(-c2cc3ccc(-c4ccc5c(O)ccnc5c4)nc3n2CC2CC2)nc2cc(C(=O)N3CC4CCC3[C@@H]4N)cc(OC)c21. The predicted molar refractivity (Wildman–Crippen MR) is 199 cm³/mol. The number of piperidine rings is 1. The van der Waals surface area contributed by atoms with E-state index in [9.17, 15) is 9.90 Å². The van der Waals surface area contributed by atoms with Gasteiger partial charge in [-0.15, -0.1) is 0 Å². The van der Waals surface area contributed by atoms with E-state index in [0.29, 0.717) is 35.1 Å². The van der Waals surface area contributed by atoms with Crippen molar-refractivity contribution >= 4 is 62.4 Å². The Balaban J connectivity index is 1.20. The second-order valence-electron chi connectivity index (χ2n) is 15.2. The summed E-state index contributed by atoms with van der Waals surface area (Å²) in [6, 6.07) is 17.8. The first-order valence-corrected chi connectivity index (χ1v) is 17.4. The number of hydrogen-bond donors (Lipinski definition) is 2. The number of aromatic nitrogens is 5. The Morgan fingerprint density at radius 2 is 1.86 bits per heavy atom. The summed E-state index contributed by atoms with van der Waals surface area (Å²) in [5.41, 5.74) is 13.0. The summed E-state index contributed by atoms with van der Waals surface area (Å²) in [5.74, 6) is 2.61. The van der Waals surface area contributed by atoms with Crippen LogP contribution in [0.5, 0.6) is 11.5 Å². The number of aromatic hydroxyl groups is 1. The van der Waals surface area contributed by atoms with Crippen LogP contribution in [0.4, 0.5) is 0 Å². The number of ether oxygens (including phenoxy) is 1. The van der Waals surface area contributed by atoms with Crippen LogP contribution in [-0.4, -0.2) is 89.3 Å². The maximum absolute atomic E-state index is 13.9. The smallest absolute Gasteiger partial charge is 0.254 e. The lowest BCUT2D eigenvalue weighted by atomic mass is 9.49. The van der Waals surface area contributed by atoms with E-state index in [1.807, 2.05) is 41.3 Å². The Kier molecular flexibility index (Phi) is 6.72. The molecule has 9 rings (SSSR count). The molecule has 2 bridgehead atoms. The summed E-state index contributed by atoms with van der Waals surface area (Å²) in [6.07, 6.45) is 6.05. The van der Waals surface area contributed by atoms with Crippen molar-refractivity contribution < 1.29 is 14.6 Å². The van der Waals surface area contributed by atoms with Gasteiger partial charge in [-0.3, -0.25) is 9.78 Å². The van der Waals surface area contributed by atoms with E-state index < -0.39 is 0 Å². The number of amides is 1. The summed E-state index contributed by atoms with van der Waals surface area (Å²) >= 11 is 0. The Morgan fingerprint density at radius 1 is 1.02 bits per heavy atom. The molecule has 4 aromatic heterocycles. The molecular formula is C36H38B3N7O3. The highest BCUT2D eigenvalue weighted by Gasteiger charge is 2.47. The van der Waals surface area contributed by atoms with E-state index in [4.69, 9.17) is 20.4 Å². The number of likely N-dealkylation sites (tertiary alicyclic amines) is 1. The van der Waals surface area contributed by atoms with Gasteiger partial charge < -0.3 is 29.6 Å². The van der Waals surface area contributed by atoms with Crippen molar-refractivity contribution in [3.05, 3.63) is 66.4 Å². The highest BCUT2D eigenvalue weighted by atomic mass is 16.5. The molecule has 49 heavy (non-hydrogen) atoms. The first-order chi connectivity index (χ1) is 23.6. The lowest BCUT2D eigenvalue weighted by Crippen LogP contribution is -2.41. The molecule has 0 radical (unpaired) electrons. The fourth-order valence-corrected chi connectivity index (χ4v) is 8.23. The van der Waals surface area contributed by atoms with Gasteiger partial charge in [0.1, 0.15) is 46.2 Å². The largest absolute Gasteiger partial charge is 0.507 e. The molecule has 3 atom stereocenters. The average molecular weight is 649 g/mol. The minimum absolute atomic E-state index is 0.00612. The molecule has 0 spiro atoms. The van der Waals surface area contributed by atoms with Crippen LogP contribution in [-0.2, 0) is 11.8 Å². The number of carbonyl (C=O) groups excluding carboxylic acids is 1. The number of rotatable bonds is 7. The van der Waals surface area contributed by atoms with Crippen LogP contribution in [0.2, 0.25) is 0 Å². The van der Waals surface area contributed by atoms with Crippen molar-refractivity contribution in [2.75, 3.05) is 13.7 Å². The number of benzene rings is 2. The van der Waals surface area contributed by atoms with Crippen molar-refractivity contribution in [1.82, 2.24) is 29.0 Å². The van der Waals surface area contributed by atoms with Crippen LogP contribution in [0.15, 0.2) is 60.8 Å². The van der Waals surface area contributed by atoms with Gasteiger partial charge in [-0.25, -0.2) is 9.97 Å². The van der Waals surface area contributed by atoms with Crippen molar-refractivity contribution in [1.29, 1.82) is 0 Å². The third-order valence-corrected chi connectivity index (χ3v) is 10.9. The van der Waals surface area contributed by atoms with E-state index in [1.165, 1.54) is 12.8 Å². The zero-order valence-corrected chi connectivity index (χ0v) is 28.3. The standard InChI is InChI=1S/C36H38B3N7O3/c1-49-30-15-22(35(48)45-17-21-6-9-27(45)31(21)40)13-26-32(30)46(36(37,38)39)34(43-26)28-14-20-5-8-24(42-33(20)44(28)16-18-2-3-18)19-4-7-23-25(12-19)41-11-10-29(23)47/h4-5,7-8,10-15,18,21,27,31H,2-3,6,9,16-17,37-40H2,1H3,(H,41,47)/t21?,27?,31-/m1/s1. The molecule has 10 nitrogen and oxygen atoms in total. The summed E-state index contributed by atoms with van der Waals surface area (Å²) in [6.45, 7) is 1.55. The highest BCUT2D eigenvalue weighted by Crippen LogP contribution is 2.41. The molecule has 5 heterocycles. The van der Waals surface area contributed by atoms with Crippen LogP contribution in [0.1, 0.15) is 36.0 Å². The second-order valence-corrected chi connectivity index (χ2v) is 15.2. The molecule has 3 fully saturated rings. The van der Waals surface area contributed by atoms with Crippen LogP contribution < -0.4 is 10.5 Å². The fourth-order valence-electron chi connectivity index (χ4n) is 8.23. The van der Waals surface area contributed by atoms with Crippen LogP contribution >= 0.6 is 0 Å². The molecule has 2 aliphatic carbocycles. The number of hydrogen-bond acceptors (Lipinski definition) is 7. The Labute approximate surface area is 286 Å². The Hall–Kier alpha value is -4.77. The Morgan fingerprint density at radius 3 is 2.57 bits per heavy atom. The molecule has 2 unspecified atom stereocenters. The van der Waals surface area contributed by atoms with E-state index in [-0.39, 0.29) is 29.0 Å². The van der Waals surface area contributed by atoms with E-state index in [0.717, 1.165) is 69.7 Å². The quantitative estimate of drug-likeness (QED) is 0.255. The molecule has 244 valence electrons. The minimum Gasteiger partial charge on any atom is -0.507 e. The lowest BCUT2D eigenvalue weighted by molar-refractivity contribution is 0.0700. The number of nitrogens with zero attached hydrogens (tertiary/aromatic N) is 6. The number of methoxy groups -OCH3 is 1. The van der Waals surface area contributed by atoms with Gasteiger partial charge in [0.2, 0.25) is 0 Å². The maximum Gasteiger partial charge on any atom is 0.254 e. The average Bonchev–Trinajstić information content (AvgIpc) is 3.41. The molecule has 1 aliphatic heterocycles. The first-order valence-electron chi connectivity index (χ1n) is 17.4. The minimum atomic E-state index is -0.354.